The summed E-state index contributed by atoms with van der Waals surface area (Å²) in [7, 11) is 0. The molecule has 0 N–H and O–H groups in total. The van der Waals surface area contributed by atoms with Crippen LogP contribution >= 0.6 is 0 Å². The van der Waals surface area contributed by atoms with Crippen molar-refractivity contribution in [2.75, 3.05) is 4.90 Å². The first-order valence-corrected chi connectivity index (χ1v) is 24.3. The SMILES string of the molecule is CCCCCCc1cc(-c2ccc3c(c2)/C(=C\c2ccc(N(c4ccc(C)cc4)c4ccc(C)cc4)cc2)c2cc(-c4ccccc4)ccc2-3)c(CCCCCC)cc1-c1ccccc1. The van der Waals surface area contributed by atoms with E-state index in [4.69, 9.17) is 0 Å². The number of rotatable bonds is 17. The van der Waals surface area contributed by atoms with Gasteiger partial charge in [0.2, 0.25) is 0 Å². The fourth-order valence-corrected chi connectivity index (χ4v) is 9.75. The molecule has 0 spiro atoms. The van der Waals surface area contributed by atoms with Crippen LogP contribution in [0.1, 0.15) is 104 Å². The van der Waals surface area contributed by atoms with E-state index in [9.17, 15) is 0 Å². The van der Waals surface area contributed by atoms with Gasteiger partial charge >= 0.3 is 0 Å². The highest BCUT2D eigenvalue weighted by Gasteiger charge is 2.26. The molecule has 1 heteroatoms. The van der Waals surface area contributed by atoms with Crippen molar-refractivity contribution < 1.29 is 0 Å². The number of nitrogens with zero attached hydrogens (tertiary/aromatic N) is 1. The van der Waals surface area contributed by atoms with Crippen LogP contribution in [0, 0.1) is 13.8 Å². The van der Waals surface area contributed by atoms with Gasteiger partial charge in [0.25, 0.3) is 0 Å². The second-order valence-corrected chi connectivity index (χ2v) is 18.2. The summed E-state index contributed by atoms with van der Waals surface area (Å²) in [5, 5.41) is 0. The van der Waals surface area contributed by atoms with E-state index in [0.29, 0.717) is 0 Å². The Morgan fingerprint density at radius 2 is 0.800 bits per heavy atom. The predicted molar refractivity (Wildman–Crippen MR) is 281 cm³/mol. The molecule has 0 aromatic heterocycles. The minimum absolute atomic E-state index is 1.08. The molecule has 0 saturated heterocycles. The van der Waals surface area contributed by atoms with E-state index in [0.717, 1.165) is 29.9 Å². The van der Waals surface area contributed by atoms with Gasteiger partial charge in [-0.05, 0) is 172 Å². The summed E-state index contributed by atoms with van der Waals surface area (Å²) in [5.74, 6) is 0. The minimum atomic E-state index is 1.08. The van der Waals surface area contributed by atoms with E-state index in [1.54, 1.807) is 0 Å². The lowest BCUT2D eigenvalue weighted by Crippen LogP contribution is -2.09. The highest BCUT2D eigenvalue weighted by atomic mass is 15.1. The van der Waals surface area contributed by atoms with Gasteiger partial charge in [-0.15, -0.1) is 0 Å². The predicted octanol–water partition coefficient (Wildman–Crippen LogP) is 18.6. The molecule has 0 aliphatic heterocycles. The normalized spacial score (nSPS) is 12.3. The first kappa shape index (κ1) is 43.5. The first-order chi connectivity index (χ1) is 32.0. The van der Waals surface area contributed by atoms with Crippen LogP contribution in [0.15, 0.2) is 182 Å². The molecule has 8 aromatic carbocycles. The molecule has 0 fully saturated rings. The van der Waals surface area contributed by atoms with Gasteiger partial charge in [0, 0.05) is 17.1 Å². The fraction of sp³-hybridized carbons (Fsp3) is 0.219. The third-order valence-electron chi connectivity index (χ3n) is 13.4. The molecule has 0 bridgehead atoms. The van der Waals surface area contributed by atoms with E-state index >= 15 is 0 Å². The van der Waals surface area contributed by atoms with Gasteiger partial charge in [-0.1, -0.05) is 197 Å². The molecular weight excluding hydrogens is 783 g/mol. The Morgan fingerprint density at radius 1 is 0.354 bits per heavy atom. The number of benzene rings is 8. The number of hydrogen-bond acceptors (Lipinski definition) is 1. The van der Waals surface area contributed by atoms with Crippen LogP contribution in [0.3, 0.4) is 0 Å². The maximum Gasteiger partial charge on any atom is 0.0462 e. The zero-order chi connectivity index (χ0) is 44.5. The maximum absolute atomic E-state index is 2.58. The van der Waals surface area contributed by atoms with Gasteiger partial charge in [0.05, 0.1) is 0 Å². The van der Waals surface area contributed by atoms with Gasteiger partial charge in [0.15, 0.2) is 0 Å². The fourth-order valence-electron chi connectivity index (χ4n) is 9.75. The van der Waals surface area contributed by atoms with Crippen molar-refractivity contribution >= 4 is 28.7 Å². The van der Waals surface area contributed by atoms with Crippen LogP contribution in [0.2, 0.25) is 0 Å². The molecule has 0 saturated carbocycles. The second kappa shape index (κ2) is 20.4. The number of unbranched alkanes of at least 4 members (excludes halogenated alkanes) is 6. The Labute approximate surface area is 389 Å². The summed E-state index contributed by atoms with van der Waals surface area (Å²) in [4.78, 5) is 2.36. The average Bonchev–Trinajstić information content (AvgIpc) is 3.65. The van der Waals surface area contributed by atoms with Crippen LogP contribution in [0.4, 0.5) is 17.1 Å². The Kier molecular flexibility index (Phi) is 13.7. The second-order valence-electron chi connectivity index (χ2n) is 18.2. The molecule has 9 rings (SSSR count). The third-order valence-corrected chi connectivity index (χ3v) is 13.4. The monoisotopic (exact) mass is 845 g/mol. The Balaban J connectivity index is 1.16. The molecule has 0 heterocycles. The van der Waals surface area contributed by atoms with E-state index in [-0.39, 0.29) is 0 Å². The van der Waals surface area contributed by atoms with Crippen LogP contribution < -0.4 is 4.90 Å². The van der Waals surface area contributed by atoms with Crippen LogP contribution in [0.5, 0.6) is 0 Å². The van der Waals surface area contributed by atoms with Crippen molar-refractivity contribution in [3.8, 4) is 44.5 Å². The molecule has 1 aliphatic rings. The molecule has 1 aliphatic carbocycles. The van der Waals surface area contributed by atoms with E-state index < -0.39 is 0 Å². The topological polar surface area (TPSA) is 3.24 Å². The van der Waals surface area contributed by atoms with E-state index in [2.05, 4.69) is 221 Å². The Hall–Kier alpha value is -6.70. The summed E-state index contributed by atoms with van der Waals surface area (Å²) in [5.41, 5.74) is 24.5. The first-order valence-electron chi connectivity index (χ1n) is 24.3. The zero-order valence-electron chi connectivity index (χ0n) is 38.9. The summed E-state index contributed by atoms with van der Waals surface area (Å²) in [6.07, 6.45) is 14.6. The van der Waals surface area contributed by atoms with Gasteiger partial charge in [-0.3, -0.25) is 0 Å². The van der Waals surface area contributed by atoms with Gasteiger partial charge in [-0.25, -0.2) is 0 Å². The van der Waals surface area contributed by atoms with E-state index in [1.165, 1.54) is 140 Å². The van der Waals surface area contributed by atoms with Crippen molar-refractivity contribution in [3.63, 3.8) is 0 Å². The lowest BCUT2D eigenvalue weighted by molar-refractivity contribution is 0.664. The number of fused-ring (bicyclic) bond motifs is 3. The smallest absolute Gasteiger partial charge is 0.0462 e. The molecule has 0 atom stereocenters. The standard InChI is InChI=1S/C64H63N/c1-5-7-9-13-23-52-44-61(53(24-14-10-8-6-2)43-60(52)50-21-17-12-18-22-50)54-32-40-59-58-39-31-51(49-19-15-11-16-20-49)42-63(58)62(64(59)45-54)41-48-29-37-57(38-30-48)65(55-33-25-46(3)26-34-55)56-35-27-47(4)28-36-56/h11-12,15-22,25-45H,5-10,13-14,23-24H2,1-4H3/b62-41-. The van der Waals surface area contributed by atoms with E-state index in [1.807, 2.05) is 0 Å². The molecule has 0 amide bonds. The summed E-state index contributed by atoms with van der Waals surface area (Å²) in [6.45, 7) is 8.91. The largest absolute Gasteiger partial charge is 0.311 e. The Morgan fingerprint density at radius 3 is 1.31 bits per heavy atom. The Bertz CT molecular complexity index is 2820. The van der Waals surface area contributed by atoms with Crippen molar-refractivity contribution in [3.05, 3.63) is 221 Å². The quantitative estimate of drug-likeness (QED) is 0.0826. The lowest BCUT2D eigenvalue weighted by Gasteiger charge is -2.26. The maximum atomic E-state index is 2.58. The molecule has 0 radical (unpaired) electrons. The van der Waals surface area contributed by atoms with Crippen LogP contribution in [-0.2, 0) is 12.8 Å². The van der Waals surface area contributed by atoms with Crippen molar-refractivity contribution in [1.29, 1.82) is 0 Å². The lowest BCUT2D eigenvalue weighted by atomic mass is 9.86. The van der Waals surface area contributed by atoms with Crippen molar-refractivity contribution in [2.24, 2.45) is 0 Å². The van der Waals surface area contributed by atoms with Gasteiger partial charge in [-0.2, -0.15) is 0 Å². The van der Waals surface area contributed by atoms with Crippen LogP contribution in [0.25, 0.3) is 56.2 Å². The summed E-state index contributed by atoms with van der Waals surface area (Å²) < 4.78 is 0. The highest BCUT2D eigenvalue weighted by Crippen LogP contribution is 2.48. The molecule has 1 nitrogen and oxygen atoms in total. The van der Waals surface area contributed by atoms with Crippen molar-refractivity contribution in [1.82, 2.24) is 0 Å². The number of anilines is 3. The molecule has 324 valence electrons. The van der Waals surface area contributed by atoms with Gasteiger partial charge < -0.3 is 4.90 Å². The highest BCUT2D eigenvalue weighted by molar-refractivity contribution is 6.08. The molecule has 8 aromatic rings. The van der Waals surface area contributed by atoms with Crippen molar-refractivity contribution in [2.45, 2.75) is 91.9 Å². The average molecular weight is 846 g/mol. The minimum Gasteiger partial charge on any atom is -0.311 e. The summed E-state index contributed by atoms with van der Waals surface area (Å²) >= 11 is 0. The molecular formula is C64H63N. The number of aryl methyl sites for hydroxylation is 4. The summed E-state index contributed by atoms with van der Waals surface area (Å²) in [6, 6.07) is 68.3. The molecule has 65 heavy (non-hydrogen) atoms. The zero-order valence-corrected chi connectivity index (χ0v) is 38.9. The van der Waals surface area contributed by atoms with Crippen LogP contribution in [-0.4, -0.2) is 0 Å². The third kappa shape index (κ3) is 9.86. The van der Waals surface area contributed by atoms with Gasteiger partial charge in [0.1, 0.15) is 0 Å². The molecule has 0 unspecified atom stereocenters. The number of hydrogen-bond donors (Lipinski definition) is 0.